The van der Waals surface area contributed by atoms with Gasteiger partial charge in [-0.05, 0) is 87.7 Å². The maximum absolute atomic E-state index is 3.96. The fourth-order valence-electron chi connectivity index (χ4n) is 2.48. The summed E-state index contributed by atoms with van der Waals surface area (Å²) in [6.45, 7) is 29.2. The predicted molar refractivity (Wildman–Crippen MR) is 153 cm³/mol. The van der Waals surface area contributed by atoms with Crippen molar-refractivity contribution < 1.29 is 0 Å². The molecule has 0 aromatic carbocycles. The van der Waals surface area contributed by atoms with Crippen molar-refractivity contribution in [2.75, 3.05) is 13.1 Å². The van der Waals surface area contributed by atoms with Gasteiger partial charge in [0.25, 0.3) is 0 Å². The van der Waals surface area contributed by atoms with Crippen LogP contribution in [-0.4, -0.2) is 33.5 Å². The molecule has 0 spiro atoms. The summed E-state index contributed by atoms with van der Waals surface area (Å²) in [4.78, 5) is 10.3. The minimum Gasteiger partial charge on any atom is -0.298 e. The second-order valence-electron chi connectivity index (χ2n) is 13.0. The van der Waals surface area contributed by atoms with Gasteiger partial charge >= 0.3 is 0 Å². The van der Waals surface area contributed by atoms with Crippen molar-refractivity contribution in [2.45, 2.75) is 114 Å². The molecule has 196 valence electrons. The van der Waals surface area contributed by atoms with Crippen LogP contribution in [0.2, 0.25) is 0 Å². The zero-order valence-electron chi connectivity index (χ0n) is 24.8. The fourth-order valence-corrected chi connectivity index (χ4v) is 2.48. The lowest BCUT2D eigenvalue weighted by Crippen LogP contribution is -2.44. The van der Waals surface area contributed by atoms with E-state index in [4.69, 9.17) is 0 Å². The standard InChI is InChI=1S/C9H19N.C7H9N.C5H5N.2C5H12/c1-9(2,3)10-7-5-4-6-8-10;1-2-7-4-3-5-8-6-7;1-2-4-6-5-3-1;2*1-5(2,3)4/h4-8H2,1-3H3;3-6H,2H2,1H3;1-5H;2*1-4H3. The van der Waals surface area contributed by atoms with E-state index in [2.05, 4.69) is 104 Å². The number of piperidine rings is 1. The van der Waals surface area contributed by atoms with E-state index in [0.29, 0.717) is 16.4 Å². The smallest absolute Gasteiger partial charge is 0.0299 e. The van der Waals surface area contributed by atoms with Crippen molar-refractivity contribution in [1.29, 1.82) is 0 Å². The second-order valence-corrected chi connectivity index (χ2v) is 13.0. The summed E-state index contributed by atoms with van der Waals surface area (Å²) in [6, 6.07) is 9.75. The lowest BCUT2D eigenvalue weighted by Gasteiger charge is -2.38. The van der Waals surface area contributed by atoms with E-state index in [0.717, 1.165) is 6.42 Å². The lowest BCUT2D eigenvalue weighted by molar-refractivity contribution is 0.111. The summed E-state index contributed by atoms with van der Waals surface area (Å²) in [7, 11) is 0. The van der Waals surface area contributed by atoms with E-state index >= 15 is 0 Å². The number of likely N-dealkylation sites (tertiary alicyclic amines) is 1. The third-order valence-electron chi connectivity index (χ3n) is 4.00. The molecule has 3 heteroatoms. The van der Waals surface area contributed by atoms with Gasteiger partial charge in [-0.2, -0.15) is 0 Å². The zero-order valence-corrected chi connectivity index (χ0v) is 24.8. The third-order valence-corrected chi connectivity index (χ3v) is 4.00. The van der Waals surface area contributed by atoms with Gasteiger partial charge in [-0.1, -0.05) is 80.9 Å². The topological polar surface area (TPSA) is 29.0 Å². The summed E-state index contributed by atoms with van der Waals surface area (Å²) >= 11 is 0. The van der Waals surface area contributed by atoms with Crippen LogP contribution in [0.25, 0.3) is 0 Å². The van der Waals surface area contributed by atoms with E-state index in [-0.39, 0.29) is 0 Å². The molecule has 1 fully saturated rings. The first-order valence-electron chi connectivity index (χ1n) is 13.0. The second kappa shape index (κ2) is 18.6. The van der Waals surface area contributed by atoms with Crippen LogP contribution in [0.3, 0.4) is 0 Å². The maximum atomic E-state index is 3.96. The average molecular weight is 472 g/mol. The number of aryl methyl sites for hydroxylation is 1. The summed E-state index contributed by atoms with van der Waals surface area (Å²) in [5.41, 5.74) is 2.70. The largest absolute Gasteiger partial charge is 0.298 e. The van der Waals surface area contributed by atoms with E-state index in [1.165, 1.54) is 37.9 Å². The Balaban J connectivity index is 0. The van der Waals surface area contributed by atoms with Crippen molar-refractivity contribution in [3.63, 3.8) is 0 Å². The molecule has 0 unspecified atom stereocenters. The predicted octanol–water partition coefficient (Wildman–Crippen LogP) is 9.10. The molecule has 0 radical (unpaired) electrons. The SMILES string of the molecule is CC(C)(C)C.CC(C)(C)C.CC(C)(C)N1CCCCC1.CCc1cccnc1.c1ccncc1. The van der Waals surface area contributed by atoms with Gasteiger partial charge in [0, 0.05) is 30.3 Å². The van der Waals surface area contributed by atoms with Crippen LogP contribution in [0.5, 0.6) is 0 Å². The van der Waals surface area contributed by atoms with Gasteiger partial charge < -0.3 is 0 Å². The molecule has 1 aliphatic rings. The number of nitrogens with zero attached hydrogens (tertiary/aromatic N) is 3. The maximum Gasteiger partial charge on any atom is 0.0299 e. The molecule has 0 N–H and O–H groups in total. The van der Waals surface area contributed by atoms with Crippen LogP contribution in [0.1, 0.15) is 108 Å². The summed E-state index contributed by atoms with van der Waals surface area (Å²) < 4.78 is 0. The Labute approximate surface area is 213 Å². The van der Waals surface area contributed by atoms with Crippen molar-refractivity contribution in [3.05, 3.63) is 60.7 Å². The van der Waals surface area contributed by atoms with Crippen LogP contribution in [0, 0.1) is 10.8 Å². The van der Waals surface area contributed by atoms with Crippen molar-refractivity contribution in [1.82, 2.24) is 14.9 Å². The highest BCUT2D eigenvalue weighted by Gasteiger charge is 2.22. The lowest BCUT2D eigenvalue weighted by atomic mass is 10.0. The molecular formula is C31H57N3. The molecule has 0 atom stereocenters. The van der Waals surface area contributed by atoms with E-state index in [1.54, 1.807) is 18.6 Å². The quantitative estimate of drug-likeness (QED) is 0.415. The summed E-state index contributed by atoms with van der Waals surface area (Å²) in [6.07, 6.45) is 12.5. The highest BCUT2D eigenvalue weighted by atomic mass is 15.2. The molecule has 0 bridgehead atoms. The molecule has 3 heterocycles. The third kappa shape index (κ3) is 32.4. The number of pyridine rings is 2. The van der Waals surface area contributed by atoms with Crippen LogP contribution in [0.15, 0.2) is 55.1 Å². The normalized spacial score (nSPS) is 13.9. The first-order valence-corrected chi connectivity index (χ1v) is 13.0. The van der Waals surface area contributed by atoms with Crippen molar-refractivity contribution in [2.24, 2.45) is 10.8 Å². The van der Waals surface area contributed by atoms with Gasteiger partial charge in [0.1, 0.15) is 0 Å². The Kier molecular flexibility index (Phi) is 18.8. The molecule has 0 amide bonds. The molecule has 3 rings (SSSR count). The summed E-state index contributed by atoms with van der Waals surface area (Å²) in [5.74, 6) is 0. The number of rotatable bonds is 1. The number of hydrogen-bond donors (Lipinski definition) is 0. The molecule has 1 saturated heterocycles. The van der Waals surface area contributed by atoms with Gasteiger partial charge in [-0.25, -0.2) is 0 Å². The van der Waals surface area contributed by atoms with Crippen LogP contribution < -0.4 is 0 Å². The molecule has 1 aliphatic heterocycles. The Morgan fingerprint density at radius 3 is 1.29 bits per heavy atom. The molecule has 0 saturated carbocycles. The monoisotopic (exact) mass is 471 g/mol. The van der Waals surface area contributed by atoms with Gasteiger partial charge in [0.2, 0.25) is 0 Å². The van der Waals surface area contributed by atoms with Gasteiger partial charge in [0.05, 0.1) is 0 Å². The Morgan fingerprint density at radius 1 is 0.647 bits per heavy atom. The van der Waals surface area contributed by atoms with Gasteiger partial charge in [0.15, 0.2) is 0 Å². The van der Waals surface area contributed by atoms with E-state index in [9.17, 15) is 0 Å². The van der Waals surface area contributed by atoms with Crippen LogP contribution >= 0.6 is 0 Å². The first-order chi connectivity index (χ1) is 15.5. The molecule has 3 nitrogen and oxygen atoms in total. The minimum absolute atomic E-state index is 0.403. The average Bonchev–Trinajstić information content (AvgIpc) is 2.74. The van der Waals surface area contributed by atoms with Crippen molar-refractivity contribution >= 4 is 0 Å². The van der Waals surface area contributed by atoms with Crippen LogP contribution in [-0.2, 0) is 6.42 Å². The molecule has 2 aromatic rings. The fraction of sp³-hybridized carbons (Fsp3) is 0.677. The first kappa shape index (κ1) is 34.4. The van der Waals surface area contributed by atoms with Gasteiger partial charge in [-0.15, -0.1) is 0 Å². The number of aromatic nitrogens is 2. The van der Waals surface area contributed by atoms with E-state index in [1.807, 2.05) is 30.5 Å². The van der Waals surface area contributed by atoms with Crippen LogP contribution in [0.4, 0.5) is 0 Å². The molecule has 0 aliphatic carbocycles. The molecule has 2 aromatic heterocycles. The highest BCUT2D eigenvalue weighted by Crippen LogP contribution is 2.19. The molecular weight excluding hydrogens is 414 g/mol. The summed E-state index contributed by atoms with van der Waals surface area (Å²) in [5, 5.41) is 0. The Bertz CT molecular complexity index is 605. The van der Waals surface area contributed by atoms with Gasteiger partial charge in [-0.3, -0.25) is 14.9 Å². The number of hydrogen-bond acceptors (Lipinski definition) is 3. The minimum atomic E-state index is 0.403. The van der Waals surface area contributed by atoms with E-state index < -0.39 is 0 Å². The zero-order chi connectivity index (χ0) is 26.7. The Hall–Kier alpha value is -1.74. The molecule has 34 heavy (non-hydrogen) atoms. The van der Waals surface area contributed by atoms with Crippen molar-refractivity contribution in [3.8, 4) is 0 Å². The Morgan fingerprint density at radius 2 is 1.09 bits per heavy atom. The highest BCUT2D eigenvalue weighted by molar-refractivity contribution is 5.07.